The van der Waals surface area contributed by atoms with Crippen LogP contribution in [0.25, 0.3) is 11.1 Å². The Bertz CT molecular complexity index is 579. The predicted octanol–water partition coefficient (Wildman–Crippen LogP) is 3.64. The first-order valence-corrected chi connectivity index (χ1v) is 7.26. The summed E-state index contributed by atoms with van der Waals surface area (Å²) in [6, 6.07) is 17.4. The molecular formula is C17H17ClNO. The van der Waals surface area contributed by atoms with Crippen LogP contribution in [0.4, 0.5) is 0 Å². The Balaban J connectivity index is 1.80. The van der Waals surface area contributed by atoms with E-state index in [1.807, 2.05) is 30.3 Å². The summed E-state index contributed by atoms with van der Waals surface area (Å²) in [6.45, 7) is 4.59. The molecule has 1 saturated heterocycles. The van der Waals surface area contributed by atoms with Crippen LogP contribution in [0.2, 0.25) is 5.02 Å². The van der Waals surface area contributed by atoms with Gasteiger partial charge in [0.05, 0.1) is 13.2 Å². The zero-order chi connectivity index (χ0) is 13.8. The molecule has 1 fully saturated rings. The van der Waals surface area contributed by atoms with Gasteiger partial charge in [-0.1, -0.05) is 29.8 Å². The van der Waals surface area contributed by atoms with Gasteiger partial charge in [-0.05, 0) is 41.5 Å². The molecule has 0 amide bonds. The maximum atomic E-state index is 6.26. The summed E-state index contributed by atoms with van der Waals surface area (Å²) in [7, 11) is 0. The molecular weight excluding hydrogens is 270 g/mol. The fraction of sp³-hybridized carbons (Fsp3) is 0.294. The summed E-state index contributed by atoms with van der Waals surface area (Å²) in [6.07, 6.45) is 0. The Morgan fingerprint density at radius 2 is 1.95 bits per heavy atom. The summed E-state index contributed by atoms with van der Waals surface area (Å²) < 4.78 is 5.38. The molecule has 20 heavy (non-hydrogen) atoms. The van der Waals surface area contributed by atoms with Crippen LogP contribution in [0, 0.1) is 6.07 Å². The van der Waals surface area contributed by atoms with E-state index < -0.39 is 0 Å². The minimum absolute atomic E-state index is 0.782. The van der Waals surface area contributed by atoms with Gasteiger partial charge in [0.25, 0.3) is 0 Å². The minimum atomic E-state index is 0.782. The highest BCUT2D eigenvalue weighted by Crippen LogP contribution is 2.28. The second kappa shape index (κ2) is 6.40. The van der Waals surface area contributed by atoms with Gasteiger partial charge in [0, 0.05) is 30.2 Å². The topological polar surface area (TPSA) is 12.5 Å². The van der Waals surface area contributed by atoms with Crippen LogP contribution in [-0.4, -0.2) is 31.2 Å². The standard InChI is InChI=1S/C17H17ClNO/c18-17-7-2-1-6-16(17)15-5-3-4-14(12-15)13-19-8-10-20-11-9-19/h1-2,4-7,12H,8-11,13H2. The van der Waals surface area contributed by atoms with Crippen molar-refractivity contribution in [2.45, 2.75) is 6.54 Å². The van der Waals surface area contributed by atoms with E-state index in [9.17, 15) is 0 Å². The van der Waals surface area contributed by atoms with Gasteiger partial charge in [-0.2, -0.15) is 0 Å². The Morgan fingerprint density at radius 3 is 2.75 bits per heavy atom. The monoisotopic (exact) mass is 286 g/mol. The van der Waals surface area contributed by atoms with Crippen LogP contribution in [0.1, 0.15) is 5.56 Å². The predicted molar refractivity (Wildman–Crippen MR) is 81.8 cm³/mol. The van der Waals surface area contributed by atoms with E-state index >= 15 is 0 Å². The molecule has 0 unspecified atom stereocenters. The van der Waals surface area contributed by atoms with Gasteiger partial charge in [-0.3, -0.25) is 4.90 Å². The Morgan fingerprint density at radius 1 is 1.15 bits per heavy atom. The van der Waals surface area contributed by atoms with E-state index in [0.29, 0.717) is 0 Å². The maximum absolute atomic E-state index is 6.26. The molecule has 0 N–H and O–H groups in total. The van der Waals surface area contributed by atoms with Gasteiger partial charge in [-0.15, -0.1) is 0 Å². The minimum Gasteiger partial charge on any atom is -0.379 e. The Hall–Kier alpha value is -1.35. The van der Waals surface area contributed by atoms with Crippen LogP contribution < -0.4 is 0 Å². The van der Waals surface area contributed by atoms with Crippen LogP contribution in [0.3, 0.4) is 0 Å². The van der Waals surface area contributed by atoms with Crippen LogP contribution in [-0.2, 0) is 11.3 Å². The number of hydrogen-bond acceptors (Lipinski definition) is 2. The van der Waals surface area contributed by atoms with Crippen molar-refractivity contribution in [3.8, 4) is 11.1 Å². The van der Waals surface area contributed by atoms with Gasteiger partial charge in [0.15, 0.2) is 0 Å². The fourth-order valence-electron chi connectivity index (χ4n) is 2.48. The molecule has 0 atom stereocenters. The van der Waals surface area contributed by atoms with Gasteiger partial charge in [0.1, 0.15) is 0 Å². The highest BCUT2D eigenvalue weighted by Gasteiger charge is 2.11. The van der Waals surface area contributed by atoms with E-state index in [4.69, 9.17) is 16.3 Å². The Labute approximate surface area is 124 Å². The lowest BCUT2D eigenvalue weighted by molar-refractivity contribution is 0.0342. The van der Waals surface area contributed by atoms with E-state index in [0.717, 1.165) is 49.0 Å². The fourth-order valence-corrected chi connectivity index (χ4v) is 2.73. The lowest BCUT2D eigenvalue weighted by Gasteiger charge is -2.26. The van der Waals surface area contributed by atoms with Crippen molar-refractivity contribution < 1.29 is 4.74 Å². The largest absolute Gasteiger partial charge is 0.379 e. The van der Waals surface area contributed by atoms with Crippen molar-refractivity contribution in [1.29, 1.82) is 0 Å². The quantitative estimate of drug-likeness (QED) is 0.854. The smallest absolute Gasteiger partial charge is 0.0594 e. The number of halogens is 1. The van der Waals surface area contributed by atoms with Crippen molar-refractivity contribution >= 4 is 11.6 Å². The normalized spacial score (nSPS) is 16.2. The molecule has 0 spiro atoms. The molecule has 1 aliphatic rings. The highest BCUT2D eigenvalue weighted by molar-refractivity contribution is 6.33. The molecule has 3 rings (SSSR count). The van der Waals surface area contributed by atoms with Crippen LogP contribution in [0.15, 0.2) is 42.5 Å². The molecule has 0 saturated carbocycles. The van der Waals surface area contributed by atoms with Gasteiger partial charge < -0.3 is 4.74 Å². The lowest BCUT2D eigenvalue weighted by atomic mass is 10.0. The highest BCUT2D eigenvalue weighted by atomic mass is 35.5. The van der Waals surface area contributed by atoms with E-state index in [-0.39, 0.29) is 0 Å². The third-order valence-electron chi connectivity index (χ3n) is 3.54. The zero-order valence-electron chi connectivity index (χ0n) is 11.3. The number of benzene rings is 2. The molecule has 2 nitrogen and oxygen atoms in total. The van der Waals surface area contributed by atoms with Crippen LogP contribution in [0.5, 0.6) is 0 Å². The van der Waals surface area contributed by atoms with Crippen molar-refractivity contribution in [3.05, 3.63) is 59.1 Å². The molecule has 2 aromatic carbocycles. The molecule has 1 heterocycles. The molecule has 0 bridgehead atoms. The van der Waals surface area contributed by atoms with Crippen molar-refractivity contribution in [2.24, 2.45) is 0 Å². The first-order valence-electron chi connectivity index (χ1n) is 6.88. The molecule has 103 valence electrons. The van der Waals surface area contributed by atoms with Crippen LogP contribution >= 0.6 is 11.6 Å². The van der Waals surface area contributed by atoms with Crippen molar-refractivity contribution in [1.82, 2.24) is 4.90 Å². The second-order valence-corrected chi connectivity index (χ2v) is 5.41. The van der Waals surface area contributed by atoms with Crippen molar-refractivity contribution in [2.75, 3.05) is 26.3 Å². The van der Waals surface area contributed by atoms with Gasteiger partial charge in [0.2, 0.25) is 0 Å². The number of hydrogen-bond donors (Lipinski definition) is 0. The first kappa shape index (κ1) is 13.6. The molecule has 0 aliphatic carbocycles. The second-order valence-electron chi connectivity index (χ2n) is 5.00. The summed E-state index contributed by atoms with van der Waals surface area (Å²) >= 11 is 6.26. The third-order valence-corrected chi connectivity index (χ3v) is 3.87. The van der Waals surface area contributed by atoms with Gasteiger partial charge in [-0.25, -0.2) is 0 Å². The van der Waals surface area contributed by atoms with E-state index in [1.165, 1.54) is 5.56 Å². The maximum Gasteiger partial charge on any atom is 0.0594 e. The molecule has 1 aliphatic heterocycles. The van der Waals surface area contributed by atoms with Crippen molar-refractivity contribution in [3.63, 3.8) is 0 Å². The molecule has 3 heteroatoms. The summed E-state index contributed by atoms with van der Waals surface area (Å²) in [5, 5.41) is 0.782. The number of ether oxygens (including phenoxy) is 1. The first-order chi connectivity index (χ1) is 9.83. The van der Waals surface area contributed by atoms with E-state index in [1.54, 1.807) is 0 Å². The van der Waals surface area contributed by atoms with E-state index in [2.05, 4.69) is 23.1 Å². The zero-order valence-corrected chi connectivity index (χ0v) is 12.1. The average Bonchev–Trinajstić information content (AvgIpc) is 2.49. The summed E-state index contributed by atoms with van der Waals surface area (Å²) in [5.41, 5.74) is 3.46. The van der Waals surface area contributed by atoms with Gasteiger partial charge >= 0.3 is 0 Å². The third kappa shape index (κ3) is 3.21. The summed E-state index contributed by atoms with van der Waals surface area (Å²) in [5.74, 6) is 0. The summed E-state index contributed by atoms with van der Waals surface area (Å²) in [4.78, 5) is 2.41. The lowest BCUT2D eigenvalue weighted by Crippen LogP contribution is -2.35. The molecule has 0 aromatic heterocycles. The number of morpholine rings is 1. The Kier molecular flexibility index (Phi) is 4.36. The number of rotatable bonds is 3. The molecule has 2 aromatic rings. The number of nitrogens with zero attached hydrogens (tertiary/aromatic N) is 1. The average molecular weight is 287 g/mol. The molecule has 1 radical (unpaired) electrons. The SMILES string of the molecule is Clc1ccccc1-c1c[c]cc(CN2CCOCC2)c1.